The zero-order valence-corrected chi connectivity index (χ0v) is 13.2. The van der Waals surface area contributed by atoms with E-state index >= 15 is 0 Å². The fraction of sp³-hybridized carbons (Fsp3) is 0.0625. The number of nitriles is 1. The number of aromatic amines is 1. The van der Waals surface area contributed by atoms with Gasteiger partial charge in [-0.25, -0.2) is 4.98 Å². The van der Waals surface area contributed by atoms with E-state index in [0.29, 0.717) is 22.9 Å². The van der Waals surface area contributed by atoms with Gasteiger partial charge in [0.2, 0.25) is 5.88 Å². The number of aromatic nitrogens is 3. The third-order valence-corrected chi connectivity index (χ3v) is 4.92. The van der Waals surface area contributed by atoms with Crippen LogP contribution in [0.2, 0.25) is 0 Å². The minimum Gasteiger partial charge on any atom is -0.438 e. The number of fused-ring (bicyclic) bond motifs is 2. The summed E-state index contributed by atoms with van der Waals surface area (Å²) in [6, 6.07) is 9.65. The van der Waals surface area contributed by atoms with E-state index in [1.54, 1.807) is 12.4 Å². The molecule has 5 N–H and O–H groups in total. The number of nitrogens with one attached hydrogen (secondary N) is 1. The van der Waals surface area contributed by atoms with Crippen LogP contribution in [0, 0.1) is 11.3 Å². The Bertz CT molecular complexity index is 963. The number of anilines is 2. The average Bonchev–Trinajstić information content (AvgIpc) is 3.08. The number of imidazole rings is 1. The molecule has 0 fully saturated rings. The molecule has 4 rings (SSSR count). The van der Waals surface area contributed by atoms with Crippen LogP contribution in [-0.4, -0.2) is 15.0 Å². The van der Waals surface area contributed by atoms with E-state index in [1.165, 1.54) is 11.8 Å². The van der Waals surface area contributed by atoms with Crippen molar-refractivity contribution in [3.05, 3.63) is 53.3 Å². The van der Waals surface area contributed by atoms with Crippen molar-refractivity contribution in [1.29, 1.82) is 5.26 Å². The molecule has 0 bridgehead atoms. The smallest absolute Gasteiger partial charge is 0.228 e. The van der Waals surface area contributed by atoms with Gasteiger partial charge >= 0.3 is 0 Å². The Hall–Kier alpha value is -3.18. The van der Waals surface area contributed by atoms with E-state index in [9.17, 15) is 5.26 Å². The quantitative estimate of drug-likeness (QED) is 0.656. The van der Waals surface area contributed by atoms with Crippen LogP contribution in [0.4, 0.5) is 11.5 Å². The number of H-pyrrole nitrogens is 1. The molecule has 1 atom stereocenters. The first-order valence-electron chi connectivity index (χ1n) is 7.10. The van der Waals surface area contributed by atoms with Crippen molar-refractivity contribution in [1.82, 2.24) is 15.0 Å². The standard InChI is InChI=1S/C16H12N6OS/c17-7-9-12(18)11-13(24-16-20-5-6-21-16)8-3-1-2-4-10(8)23-15(11)22-14(9)19/h1-6,13H,(H,20,21)(H4,18,19,22). The zero-order valence-electron chi connectivity index (χ0n) is 12.4. The molecule has 1 unspecified atom stereocenters. The number of para-hydroxylation sites is 1. The Kier molecular flexibility index (Phi) is 3.29. The second-order valence-corrected chi connectivity index (χ2v) is 6.24. The van der Waals surface area contributed by atoms with Crippen LogP contribution in [0.1, 0.15) is 21.9 Å². The van der Waals surface area contributed by atoms with Crippen molar-refractivity contribution in [3.8, 4) is 17.7 Å². The highest BCUT2D eigenvalue weighted by Crippen LogP contribution is 2.53. The number of nitrogens with two attached hydrogens (primary N) is 2. The number of pyridine rings is 1. The Balaban J connectivity index is 1.94. The lowest BCUT2D eigenvalue weighted by Gasteiger charge is -2.28. The minimum absolute atomic E-state index is 0.0647. The molecular weight excluding hydrogens is 324 g/mol. The summed E-state index contributed by atoms with van der Waals surface area (Å²) in [6.07, 6.45) is 3.43. The number of hydrogen-bond donors (Lipinski definition) is 3. The molecule has 118 valence electrons. The predicted octanol–water partition coefficient (Wildman–Crippen LogP) is 2.83. The van der Waals surface area contributed by atoms with E-state index < -0.39 is 0 Å². The number of hydrogen-bond acceptors (Lipinski definition) is 7. The van der Waals surface area contributed by atoms with Crippen LogP contribution in [0.25, 0.3) is 0 Å². The molecule has 3 heterocycles. The number of nitrogen functional groups attached to an aromatic ring is 2. The molecule has 0 saturated heterocycles. The Labute approximate surface area is 141 Å². The summed E-state index contributed by atoms with van der Waals surface area (Å²) in [5, 5.41) is 9.84. The molecule has 1 aromatic carbocycles. The van der Waals surface area contributed by atoms with Gasteiger partial charge in [-0.2, -0.15) is 10.2 Å². The summed E-state index contributed by atoms with van der Waals surface area (Å²) in [7, 11) is 0. The van der Waals surface area contributed by atoms with Gasteiger partial charge in [-0.3, -0.25) is 0 Å². The zero-order chi connectivity index (χ0) is 16.7. The first-order valence-corrected chi connectivity index (χ1v) is 7.98. The maximum absolute atomic E-state index is 9.32. The highest BCUT2D eigenvalue weighted by atomic mass is 32.2. The van der Waals surface area contributed by atoms with Crippen molar-refractivity contribution in [2.75, 3.05) is 11.5 Å². The largest absolute Gasteiger partial charge is 0.438 e. The van der Waals surface area contributed by atoms with Crippen molar-refractivity contribution in [2.45, 2.75) is 10.4 Å². The molecule has 0 spiro atoms. The first kappa shape index (κ1) is 14.4. The number of thioether (sulfide) groups is 1. The predicted molar refractivity (Wildman–Crippen MR) is 90.6 cm³/mol. The highest BCUT2D eigenvalue weighted by molar-refractivity contribution is 7.99. The number of ether oxygens (including phenoxy) is 1. The molecule has 0 amide bonds. The molecule has 0 aliphatic carbocycles. The van der Waals surface area contributed by atoms with Gasteiger partial charge in [0.05, 0.1) is 16.5 Å². The van der Waals surface area contributed by atoms with Crippen LogP contribution in [0.15, 0.2) is 41.8 Å². The molecule has 1 aliphatic heterocycles. The normalized spacial score (nSPS) is 15.0. The SMILES string of the molecule is N#Cc1c(N)nc2c(c1N)C(Sc1ncc[nH]1)c1ccccc1O2. The summed E-state index contributed by atoms with van der Waals surface area (Å²) in [4.78, 5) is 11.6. The third kappa shape index (κ3) is 2.14. The molecule has 0 radical (unpaired) electrons. The van der Waals surface area contributed by atoms with Gasteiger partial charge in [0.25, 0.3) is 0 Å². The number of rotatable bonds is 2. The Morgan fingerprint density at radius 2 is 2.12 bits per heavy atom. The van der Waals surface area contributed by atoms with Gasteiger partial charge in [0.15, 0.2) is 5.16 Å². The third-order valence-electron chi connectivity index (χ3n) is 3.75. The maximum atomic E-state index is 9.32. The van der Waals surface area contributed by atoms with E-state index in [-0.39, 0.29) is 16.6 Å². The fourth-order valence-corrected chi connectivity index (χ4v) is 3.81. The van der Waals surface area contributed by atoms with E-state index in [1.807, 2.05) is 30.3 Å². The molecule has 0 saturated carbocycles. The van der Waals surface area contributed by atoms with Crippen molar-refractivity contribution < 1.29 is 4.74 Å². The summed E-state index contributed by atoms with van der Waals surface area (Å²) < 4.78 is 5.86. The van der Waals surface area contributed by atoms with E-state index in [4.69, 9.17) is 16.2 Å². The second kappa shape index (κ2) is 5.47. The lowest BCUT2D eigenvalue weighted by Crippen LogP contribution is -2.14. The topological polar surface area (TPSA) is 127 Å². The average molecular weight is 336 g/mol. The lowest BCUT2D eigenvalue weighted by molar-refractivity contribution is 0.441. The molecule has 7 nitrogen and oxygen atoms in total. The van der Waals surface area contributed by atoms with Crippen LogP contribution in [-0.2, 0) is 0 Å². The van der Waals surface area contributed by atoms with Crippen LogP contribution >= 0.6 is 11.8 Å². The maximum Gasteiger partial charge on any atom is 0.228 e. The highest BCUT2D eigenvalue weighted by Gasteiger charge is 2.33. The van der Waals surface area contributed by atoms with Gasteiger partial charge in [-0.15, -0.1) is 0 Å². The van der Waals surface area contributed by atoms with Crippen molar-refractivity contribution >= 4 is 23.3 Å². The van der Waals surface area contributed by atoms with Gasteiger partial charge in [-0.05, 0) is 6.07 Å². The van der Waals surface area contributed by atoms with Crippen molar-refractivity contribution in [2.24, 2.45) is 0 Å². The van der Waals surface area contributed by atoms with Gasteiger partial charge in [0.1, 0.15) is 23.2 Å². The summed E-state index contributed by atoms with van der Waals surface area (Å²) in [5.74, 6) is 1.08. The van der Waals surface area contributed by atoms with Crippen LogP contribution < -0.4 is 16.2 Å². The monoisotopic (exact) mass is 336 g/mol. The van der Waals surface area contributed by atoms with Crippen LogP contribution in [0.5, 0.6) is 11.6 Å². The lowest BCUT2D eigenvalue weighted by atomic mass is 9.98. The molecule has 2 aromatic heterocycles. The van der Waals surface area contributed by atoms with Crippen molar-refractivity contribution in [3.63, 3.8) is 0 Å². The first-order chi connectivity index (χ1) is 11.7. The fourth-order valence-electron chi connectivity index (χ4n) is 2.66. The van der Waals surface area contributed by atoms with Gasteiger partial charge in [-0.1, -0.05) is 30.0 Å². The summed E-state index contributed by atoms with van der Waals surface area (Å²) >= 11 is 1.48. The number of benzene rings is 1. The van der Waals surface area contributed by atoms with E-state index in [2.05, 4.69) is 15.0 Å². The minimum atomic E-state index is -0.212. The Morgan fingerprint density at radius 1 is 1.29 bits per heavy atom. The van der Waals surface area contributed by atoms with Crippen LogP contribution in [0.3, 0.4) is 0 Å². The molecule has 8 heteroatoms. The van der Waals surface area contributed by atoms with Gasteiger partial charge in [0, 0.05) is 18.0 Å². The van der Waals surface area contributed by atoms with E-state index in [0.717, 1.165) is 10.7 Å². The molecule has 1 aliphatic rings. The Morgan fingerprint density at radius 3 is 2.88 bits per heavy atom. The summed E-state index contributed by atoms with van der Waals surface area (Å²) in [6.45, 7) is 0. The molecule has 3 aromatic rings. The second-order valence-electron chi connectivity index (χ2n) is 5.15. The van der Waals surface area contributed by atoms with Gasteiger partial charge < -0.3 is 21.2 Å². The summed E-state index contributed by atoms with van der Waals surface area (Å²) in [5.41, 5.74) is 14.1. The molecule has 24 heavy (non-hydrogen) atoms. The molecular formula is C16H12N6OS. The number of nitrogens with zero attached hydrogens (tertiary/aromatic N) is 3.